The van der Waals surface area contributed by atoms with E-state index < -0.39 is 25.5 Å². The Hall–Kier alpha value is -1.61. The minimum Gasteiger partial charge on any atom is -0.299 e. The van der Waals surface area contributed by atoms with Gasteiger partial charge in [0.25, 0.3) is 0 Å². The third-order valence-electron chi connectivity index (χ3n) is 7.45. The Morgan fingerprint density at radius 3 is 2.55 bits per heavy atom. The first-order valence-electron chi connectivity index (χ1n) is 10.0. The summed E-state index contributed by atoms with van der Waals surface area (Å²) in [6, 6.07) is 4.99. The van der Waals surface area contributed by atoms with Crippen molar-refractivity contribution in [2.75, 3.05) is 27.1 Å². The zero-order valence-corrected chi connectivity index (χ0v) is 18.7. The molecule has 3 aliphatic rings. The monoisotopic (exact) mass is 440 g/mol. The van der Waals surface area contributed by atoms with E-state index in [1.54, 1.807) is 25.1 Å². The Balaban J connectivity index is 1.62. The molecule has 2 bridgehead atoms. The second kappa shape index (κ2) is 6.44. The molecule has 1 heterocycles. The lowest BCUT2D eigenvalue weighted by atomic mass is 9.70. The Morgan fingerprint density at radius 1 is 1.28 bits per heavy atom. The minimum atomic E-state index is -3.80. The van der Waals surface area contributed by atoms with E-state index in [2.05, 4.69) is 4.72 Å². The molecule has 0 radical (unpaired) electrons. The van der Waals surface area contributed by atoms with Crippen LogP contribution in [-0.4, -0.2) is 40.7 Å². The van der Waals surface area contributed by atoms with Crippen molar-refractivity contribution in [3.05, 3.63) is 23.8 Å². The van der Waals surface area contributed by atoms with Gasteiger partial charge >= 0.3 is 0 Å². The molecule has 0 spiro atoms. The zero-order valence-electron chi connectivity index (χ0n) is 17.1. The number of benzene rings is 1. The largest absolute Gasteiger partial charge is 0.299 e. The van der Waals surface area contributed by atoms with Gasteiger partial charge in [-0.1, -0.05) is 19.9 Å². The van der Waals surface area contributed by atoms with E-state index in [1.165, 1.54) is 4.31 Å². The first kappa shape index (κ1) is 20.7. The molecule has 4 rings (SSSR count). The molecule has 2 atom stereocenters. The lowest BCUT2D eigenvalue weighted by Gasteiger charge is -2.36. The Morgan fingerprint density at radius 2 is 2.00 bits per heavy atom. The van der Waals surface area contributed by atoms with Crippen molar-refractivity contribution in [3.8, 4) is 0 Å². The van der Waals surface area contributed by atoms with Crippen molar-refractivity contribution in [2.45, 2.75) is 46.5 Å². The predicted molar refractivity (Wildman–Crippen MR) is 113 cm³/mol. The minimum absolute atomic E-state index is 0.0535. The maximum Gasteiger partial charge on any atom is 0.235 e. The smallest absolute Gasteiger partial charge is 0.235 e. The Bertz CT molecular complexity index is 1080. The lowest BCUT2D eigenvalue weighted by Crippen LogP contribution is -2.43. The number of ketones is 1. The molecule has 3 fully saturated rings. The number of Topliss-reactive ketones (excluding diaryl/α,β-unsaturated/α-hetero) is 1. The maximum atomic E-state index is 13.1. The van der Waals surface area contributed by atoms with Crippen LogP contribution in [0.25, 0.3) is 0 Å². The molecule has 0 unspecified atom stereocenters. The number of nitrogens with one attached hydrogen (secondary N) is 1. The van der Waals surface area contributed by atoms with Crippen molar-refractivity contribution in [1.82, 2.24) is 0 Å². The van der Waals surface area contributed by atoms with Gasteiger partial charge in [0.05, 0.1) is 28.3 Å². The van der Waals surface area contributed by atoms with Crippen molar-refractivity contribution in [3.63, 3.8) is 0 Å². The molecule has 7 nitrogen and oxygen atoms in total. The number of carbonyl (C=O) groups excluding carboxylic acids is 1. The van der Waals surface area contributed by atoms with Crippen LogP contribution in [0, 0.1) is 23.7 Å². The van der Waals surface area contributed by atoms with Crippen molar-refractivity contribution >= 4 is 37.2 Å². The molecule has 2 saturated carbocycles. The highest BCUT2D eigenvalue weighted by Crippen LogP contribution is 2.64. The second-order valence-electron chi connectivity index (χ2n) is 9.27. The first-order valence-corrected chi connectivity index (χ1v) is 13.3. The first-order chi connectivity index (χ1) is 13.4. The highest BCUT2D eigenvalue weighted by molar-refractivity contribution is 7.93. The SMILES string of the molecule is Cc1ccc(N2CCCS2(=O)=O)cc1NS(=O)(=O)C[C@@]12CC[C@H](CC1=O)C2(C)C. The van der Waals surface area contributed by atoms with Crippen LogP contribution in [0.3, 0.4) is 0 Å². The third-order valence-corrected chi connectivity index (χ3v) is 10.7. The quantitative estimate of drug-likeness (QED) is 0.759. The molecule has 2 aliphatic carbocycles. The molecule has 1 N–H and O–H groups in total. The van der Waals surface area contributed by atoms with Gasteiger partial charge in [-0.3, -0.25) is 13.8 Å². The number of rotatable bonds is 5. The van der Waals surface area contributed by atoms with Crippen molar-refractivity contribution in [1.29, 1.82) is 0 Å². The van der Waals surface area contributed by atoms with Gasteiger partial charge < -0.3 is 0 Å². The summed E-state index contributed by atoms with van der Waals surface area (Å²) in [6.45, 7) is 6.18. The van der Waals surface area contributed by atoms with Crippen molar-refractivity contribution < 1.29 is 21.6 Å². The number of fused-ring (bicyclic) bond motifs is 2. The average molecular weight is 441 g/mol. The molecule has 29 heavy (non-hydrogen) atoms. The number of hydrogen-bond acceptors (Lipinski definition) is 5. The normalized spacial score (nSPS) is 30.1. The standard InChI is InChI=1S/C20H28N2O5S2/c1-14-5-6-16(22-9-4-10-29(22,26)27)12-17(14)21-28(24,25)13-20-8-7-15(11-18(20)23)19(20,2)3/h5-6,12,15,21H,4,7-11,13H2,1-3H3/t15-,20+/m1/s1. The van der Waals surface area contributed by atoms with Gasteiger partial charge in [0.1, 0.15) is 5.78 Å². The summed E-state index contributed by atoms with van der Waals surface area (Å²) in [4.78, 5) is 12.7. The third kappa shape index (κ3) is 3.17. The Labute approximate surface area is 173 Å². The van der Waals surface area contributed by atoms with Crippen LogP contribution < -0.4 is 9.03 Å². The Kier molecular flexibility index (Phi) is 4.59. The van der Waals surface area contributed by atoms with E-state index in [0.29, 0.717) is 42.7 Å². The molecule has 1 aromatic rings. The summed E-state index contributed by atoms with van der Waals surface area (Å²) < 4.78 is 54.6. The van der Waals surface area contributed by atoms with Crippen LogP contribution in [-0.2, 0) is 24.8 Å². The lowest BCUT2D eigenvalue weighted by molar-refractivity contribution is -0.128. The van der Waals surface area contributed by atoms with Crippen LogP contribution in [0.5, 0.6) is 0 Å². The van der Waals surface area contributed by atoms with E-state index in [4.69, 9.17) is 0 Å². The highest BCUT2D eigenvalue weighted by atomic mass is 32.2. The summed E-state index contributed by atoms with van der Waals surface area (Å²) in [7, 11) is -7.15. The summed E-state index contributed by atoms with van der Waals surface area (Å²) in [5.74, 6) is 0.171. The van der Waals surface area contributed by atoms with Crippen LogP contribution >= 0.6 is 0 Å². The molecular weight excluding hydrogens is 412 g/mol. The average Bonchev–Trinajstić information content (AvgIpc) is 3.13. The second-order valence-corrected chi connectivity index (χ2v) is 13.0. The molecule has 1 saturated heterocycles. The van der Waals surface area contributed by atoms with Gasteiger partial charge in [0.2, 0.25) is 20.0 Å². The number of anilines is 2. The number of aryl methyl sites for hydroxylation is 1. The molecule has 9 heteroatoms. The maximum absolute atomic E-state index is 13.1. The topological polar surface area (TPSA) is 101 Å². The zero-order chi connectivity index (χ0) is 21.2. The molecule has 160 valence electrons. The van der Waals surface area contributed by atoms with Crippen LogP contribution in [0.15, 0.2) is 18.2 Å². The van der Waals surface area contributed by atoms with Gasteiger partial charge in [-0.2, -0.15) is 0 Å². The van der Waals surface area contributed by atoms with E-state index in [9.17, 15) is 21.6 Å². The number of hydrogen-bond donors (Lipinski definition) is 1. The number of nitrogens with zero attached hydrogens (tertiary/aromatic N) is 1. The van der Waals surface area contributed by atoms with Gasteiger partial charge in [-0.15, -0.1) is 0 Å². The molecule has 0 aromatic heterocycles. The molecular formula is C20H28N2O5S2. The van der Waals surface area contributed by atoms with Crippen molar-refractivity contribution in [2.24, 2.45) is 16.7 Å². The van der Waals surface area contributed by atoms with E-state index in [0.717, 1.165) is 6.42 Å². The number of carbonyl (C=O) groups is 1. The summed E-state index contributed by atoms with van der Waals surface area (Å²) >= 11 is 0. The summed E-state index contributed by atoms with van der Waals surface area (Å²) in [6.07, 6.45) is 2.51. The fraction of sp³-hybridized carbons (Fsp3) is 0.650. The number of sulfonamides is 2. The molecule has 0 amide bonds. The van der Waals surface area contributed by atoms with E-state index in [1.807, 2.05) is 13.8 Å². The highest BCUT2D eigenvalue weighted by Gasteiger charge is 2.65. The molecule has 1 aromatic carbocycles. The predicted octanol–water partition coefficient (Wildman–Crippen LogP) is 2.67. The van der Waals surface area contributed by atoms with Crippen LogP contribution in [0.2, 0.25) is 0 Å². The fourth-order valence-corrected chi connectivity index (χ4v) is 8.95. The fourth-order valence-electron chi connectivity index (χ4n) is 5.44. The molecule has 1 aliphatic heterocycles. The van der Waals surface area contributed by atoms with Gasteiger partial charge in [-0.25, -0.2) is 16.8 Å². The summed E-state index contributed by atoms with van der Waals surface area (Å²) in [5.41, 5.74) is 0.348. The van der Waals surface area contributed by atoms with E-state index in [-0.39, 0.29) is 28.6 Å². The van der Waals surface area contributed by atoms with Gasteiger partial charge in [-0.05, 0) is 55.2 Å². The van der Waals surface area contributed by atoms with Crippen LogP contribution in [0.1, 0.15) is 45.1 Å². The van der Waals surface area contributed by atoms with Gasteiger partial charge in [0.15, 0.2) is 0 Å². The summed E-state index contributed by atoms with van der Waals surface area (Å²) in [5, 5.41) is 0. The van der Waals surface area contributed by atoms with Gasteiger partial charge in [0, 0.05) is 13.0 Å². The van der Waals surface area contributed by atoms with Crippen LogP contribution in [0.4, 0.5) is 11.4 Å². The van der Waals surface area contributed by atoms with E-state index >= 15 is 0 Å².